The van der Waals surface area contributed by atoms with Crippen molar-refractivity contribution in [2.75, 3.05) is 19.5 Å². The first kappa shape index (κ1) is 19.7. The average molecular weight is 422 g/mol. The molecule has 0 saturated heterocycles. The molecule has 1 N–H and O–H groups in total. The number of benzene rings is 2. The summed E-state index contributed by atoms with van der Waals surface area (Å²) in [6, 6.07) is 14.9. The Kier molecular flexibility index (Phi) is 5.54. The summed E-state index contributed by atoms with van der Waals surface area (Å²) in [6.07, 6.45) is 3.66. The highest BCUT2D eigenvalue weighted by atomic mass is 35.5. The molecule has 7 nitrogen and oxygen atoms in total. The van der Waals surface area contributed by atoms with E-state index in [2.05, 4.69) is 20.4 Å². The first-order valence-corrected chi connectivity index (χ1v) is 9.60. The Hall–Kier alpha value is -3.58. The molecule has 0 aliphatic heterocycles. The van der Waals surface area contributed by atoms with E-state index in [-0.39, 0.29) is 0 Å². The van der Waals surface area contributed by atoms with Crippen LogP contribution in [0.5, 0.6) is 11.5 Å². The molecule has 2 aromatic carbocycles. The maximum atomic E-state index is 5.98. The second-order valence-corrected chi connectivity index (χ2v) is 6.95. The van der Waals surface area contributed by atoms with Gasteiger partial charge in [0.25, 0.3) is 0 Å². The van der Waals surface area contributed by atoms with Gasteiger partial charge in [-0.3, -0.25) is 0 Å². The average Bonchev–Trinajstić information content (AvgIpc) is 3.16. The van der Waals surface area contributed by atoms with Crippen molar-refractivity contribution in [2.24, 2.45) is 0 Å². The molecule has 0 amide bonds. The van der Waals surface area contributed by atoms with Crippen LogP contribution < -0.4 is 14.8 Å². The van der Waals surface area contributed by atoms with Crippen molar-refractivity contribution < 1.29 is 9.47 Å². The molecular formula is C22H20ClN5O2. The fourth-order valence-corrected chi connectivity index (χ4v) is 3.18. The highest BCUT2D eigenvalue weighted by molar-refractivity contribution is 6.30. The lowest BCUT2D eigenvalue weighted by molar-refractivity contribution is 0.355. The highest BCUT2D eigenvalue weighted by Crippen LogP contribution is 2.31. The van der Waals surface area contributed by atoms with Crippen molar-refractivity contribution in [3.05, 3.63) is 71.6 Å². The molecule has 8 heteroatoms. The Labute approximate surface area is 179 Å². The van der Waals surface area contributed by atoms with E-state index in [1.165, 1.54) is 0 Å². The van der Waals surface area contributed by atoms with Gasteiger partial charge in [-0.25, -0.2) is 14.6 Å². The number of ether oxygens (including phenoxy) is 2. The third-order valence-electron chi connectivity index (χ3n) is 4.56. The Morgan fingerprint density at radius 1 is 0.967 bits per heavy atom. The summed E-state index contributed by atoms with van der Waals surface area (Å²) < 4.78 is 12.4. The molecule has 0 aliphatic carbocycles. The molecule has 2 aromatic heterocycles. The first-order valence-electron chi connectivity index (χ1n) is 9.22. The molecule has 30 heavy (non-hydrogen) atoms. The van der Waals surface area contributed by atoms with Gasteiger partial charge in [0.15, 0.2) is 11.5 Å². The molecule has 0 atom stereocenters. The number of aryl methyl sites for hydroxylation is 1. The van der Waals surface area contributed by atoms with Gasteiger partial charge < -0.3 is 14.8 Å². The highest BCUT2D eigenvalue weighted by Gasteiger charge is 2.12. The molecule has 0 spiro atoms. The molecule has 0 radical (unpaired) electrons. The Balaban J connectivity index is 1.62. The molecule has 0 unspecified atom stereocenters. The summed E-state index contributed by atoms with van der Waals surface area (Å²) >= 11 is 5.98. The molecule has 152 valence electrons. The number of nitrogens with one attached hydrogen (secondary N) is 1. The quantitative estimate of drug-likeness (QED) is 0.469. The predicted octanol–water partition coefficient (Wildman–Crippen LogP) is 5.05. The third kappa shape index (κ3) is 4.06. The molecule has 0 saturated carbocycles. The van der Waals surface area contributed by atoms with Crippen LogP contribution in [0.15, 0.2) is 60.9 Å². The van der Waals surface area contributed by atoms with Crippen molar-refractivity contribution in [2.45, 2.75) is 6.92 Å². The number of aromatic nitrogens is 4. The maximum Gasteiger partial charge on any atom is 0.227 e. The Morgan fingerprint density at radius 3 is 2.47 bits per heavy atom. The lowest BCUT2D eigenvalue weighted by atomic mass is 10.2. The van der Waals surface area contributed by atoms with Gasteiger partial charge in [0.1, 0.15) is 0 Å². The van der Waals surface area contributed by atoms with Gasteiger partial charge in [-0.1, -0.05) is 11.6 Å². The summed E-state index contributed by atoms with van der Waals surface area (Å²) in [5.41, 5.74) is 4.26. The van der Waals surface area contributed by atoms with Gasteiger partial charge in [0, 0.05) is 34.7 Å². The van der Waals surface area contributed by atoms with Crippen LogP contribution in [-0.4, -0.2) is 34.0 Å². The molecular weight excluding hydrogens is 402 g/mol. The SMILES string of the molecule is COc1ccc(Nc2nccc(-c3cn(-c4ccc(Cl)cc4)nc3C)n2)cc1OC. The molecule has 0 fully saturated rings. The summed E-state index contributed by atoms with van der Waals surface area (Å²) in [4.78, 5) is 8.98. The topological polar surface area (TPSA) is 74.1 Å². The Morgan fingerprint density at radius 2 is 1.73 bits per heavy atom. The zero-order valence-corrected chi connectivity index (χ0v) is 17.5. The van der Waals surface area contributed by atoms with Crippen LogP contribution in [0, 0.1) is 6.92 Å². The number of hydrogen-bond acceptors (Lipinski definition) is 6. The molecule has 4 rings (SSSR count). The van der Waals surface area contributed by atoms with E-state index in [1.807, 2.05) is 66.3 Å². The standard InChI is InChI=1S/C22H20ClN5O2/c1-14-18(13-28(27-14)17-7-4-15(23)5-8-17)19-10-11-24-22(26-19)25-16-6-9-20(29-2)21(12-16)30-3/h4-13H,1-3H3,(H,24,25,26). The number of methoxy groups -OCH3 is 2. The zero-order chi connectivity index (χ0) is 21.1. The van der Waals surface area contributed by atoms with Gasteiger partial charge in [0.05, 0.1) is 31.3 Å². The van der Waals surface area contributed by atoms with Gasteiger partial charge in [-0.15, -0.1) is 0 Å². The summed E-state index contributed by atoms with van der Waals surface area (Å²) in [5, 5.41) is 8.49. The van der Waals surface area contributed by atoms with Crippen LogP contribution in [-0.2, 0) is 0 Å². The van der Waals surface area contributed by atoms with E-state index in [0.29, 0.717) is 22.5 Å². The van der Waals surface area contributed by atoms with Crippen molar-refractivity contribution in [3.8, 4) is 28.4 Å². The number of halogens is 1. The molecule has 0 bridgehead atoms. The normalized spacial score (nSPS) is 10.7. The minimum atomic E-state index is 0.471. The van der Waals surface area contributed by atoms with Crippen molar-refractivity contribution in [1.82, 2.24) is 19.7 Å². The maximum absolute atomic E-state index is 5.98. The third-order valence-corrected chi connectivity index (χ3v) is 4.81. The second kappa shape index (κ2) is 8.42. The molecule has 4 aromatic rings. The van der Waals surface area contributed by atoms with Crippen LogP contribution in [0.4, 0.5) is 11.6 Å². The second-order valence-electron chi connectivity index (χ2n) is 6.51. The lowest BCUT2D eigenvalue weighted by Crippen LogP contribution is -1.99. The summed E-state index contributed by atoms with van der Waals surface area (Å²) in [5.74, 6) is 1.75. The van der Waals surface area contributed by atoms with Crippen LogP contribution >= 0.6 is 11.6 Å². The monoisotopic (exact) mass is 421 g/mol. The first-order chi connectivity index (χ1) is 14.6. The Bertz CT molecular complexity index is 1170. The fourth-order valence-electron chi connectivity index (χ4n) is 3.05. The van der Waals surface area contributed by atoms with E-state index in [9.17, 15) is 0 Å². The number of anilines is 2. The van der Waals surface area contributed by atoms with E-state index in [4.69, 9.17) is 21.1 Å². The zero-order valence-electron chi connectivity index (χ0n) is 16.8. The van der Waals surface area contributed by atoms with E-state index >= 15 is 0 Å². The van der Waals surface area contributed by atoms with Gasteiger partial charge in [0.2, 0.25) is 5.95 Å². The van der Waals surface area contributed by atoms with Gasteiger partial charge in [-0.05, 0) is 49.4 Å². The van der Waals surface area contributed by atoms with Crippen molar-refractivity contribution in [1.29, 1.82) is 0 Å². The van der Waals surface area contributed by atoms with Gasteiger partial charge >= 0.3 is 0 Å². The largest absolute Gasteiger partial charge is 0.493 e. The van der Waals surface area contributed by atoms with Crippen LogP contribution in [0.2, 0.25) is 5.02 Å². The van der Waals surface area contributed by atoms with Crippen LogP contribution in [0.25, 0.3) is 16.9 Å². The minimum absolute atomic E-state index is 0.471. The molecule has 2 heterocycles. The van der Waals surface area contributed by atoms with Gasteiger partial charge in [-0.2, -0.15) is 5.10 Å². The number of hydrogen-bond donors (Lipinski definition) is 1. The number of rotatable bonds is 6. The lowest BCUT2D eigenvalue weighted by Gasteiger charge is -2.10. The fraction of sp³-hybridized carbons (Fsp3) is 0.136. The molecule has 0 aliphatic rings. The minimum Gasteiger partial charge on any atom is -0.493 e. The number of nitrogens with zero attached hydrogens (tertiary/aromatic N) is 4. The van der Waals surface area contributed by atoms with E-state index in [1.54, 1.807) is 20.4 Å². The summed E-state index contributed by atoms with van der Waals surface area (Å²) in [6.45, 7) is 1.95. The van der Waals surface area contributed by atoms with Crippen molar-refractivity contribution in [3.63, 3.8) is 0 Å². The van der Waals surface area contributed by atoms with Crippen LogP contribution in [0.1, 0.15) is 5.69 Å². The van der Waals surface area contributed by atoms with Crippen molar-refractivity contribution >= 4 is 23.2 Å². The predicted molar refractivity (Wildman–Crippen MR) is 117 cm³/mol. The smallest absolute Gasteiger partial charge is 0.227 e. The summed E-state index contributed by atoms with van der Waals surface area (Å²) in [7, 11) is 3.20. The van der Waals surface area contributed by atoms with E-state index < -0.39 is 0 Å². The van der Waals surface area contributed by atoms with Crippen LogP contribution in [0.3, 0.4) is 0 Å². The van der Waals surface area contributed by atoms with E-state index in [0.717, 1.165) is 28.3 Å².